The van der Waals surface area contributed by atoms with Crippen LogP contribution in [-0.4, -0.2) is 50.3 Å². The molecule has 1 aliphatic heterocycles. The van der Waals surface area contributed by atoms with Crippen LogP contribution in [-0.2, 0) is 19.4 Å². The summed E-state index contributed by atoms with van der Waals surface area (Å²) in [5.41, 5.74) is 2.29. The molecule has 28 heavy (non-hydrogen) atoms. The van der Waals surface area contributed by atoms with Gasteiger partial charge in [-0.15, -0.1) is 0 Å². The van der Waals surface area contributed by atoms with Gasteiger partial charge in [0.1, 0.15) is 0 Å². The van der Waals surface area contributed by atoms with Crippen molar-refractivity contribution >= 4 is 17.5 Å². The van der Waals surface area contributed by atoms with Crippen molar-refractivity contribution in [3.05, 3.63) is 45.1 Å². The minimum absolute atomic E-state index is 0.0295. The van der Waals surface area contributed by atoms with Gasteiger partial charge in [0.05, 0.1) is 29.7 Å². The molecule has 2 aromatic heterocycles. The molecule has 3 heterocycles. The van der Waals surface area contributed by atoms with E-state index in [1.165, 1.54) is 19.3 Å². The number of aromatic nitrogens is 4. The fraction of sp³-hybridized carbons (Fsp3) is 0.600. The van der Waals surface area contributed by atoms with Gasteiger partial charge >= 0.3 is 0 Å². The minimum Gasteiger partial charge on any atom is -0.353 e. The number of aryl methyl sites for hydroxylation is 2. The molecule has 0 bridgehead atoms. The zero-order valence-corrected chi connectivity index (χ0v) is 16.9. The van der Waals surface area contributed by atoms with Gasteiger partial charge < -0.3 is 5.32 Å². The van der Waals surface area contributed by atoms with Gasteiger partial charge in [0.15, 0.2) is 0 Å². The number of fused-ring (bicyclic) bond motifs is 1. The summed E-state index contributed by atoms with van der Waals surface area (Å²) in [5.74, 6) is 0.600. The van der Waals surface area contributed by atoms with Gasteiger partial charge in [0.2, 0.25) is 5.95 Å². The van der Waals surface area contributed by atoms with E-state index in [4.69, 9.17) is 11.6 Å². The summed E-state index contributed by atoms with van der Waals surface area (Å²) in [4.78, 5) is 23.3. The quantitative estimate of drug-likeness (QED) is 0.800. The van der Waals surface area contributed by atoms with E-state index in [2.05, 4.69) is 25.3 Å². The number of nitrogens with one attached hydrogen (secondary N) is 1. The highest BCUT2D eigenvalue weighted by molar-refractivity contribution is 6.30. The summed E-state index contributed by atoms with van der Waals surface area (Å²) in [6, 6.07) is 2.20. The van der Waals surface area contributed by atoms with Gasteiger partial charge in [-0.3, -0.25) is 9.69 Å². The Balaban J connectivity index is 1.37. The van der Waals surface area contributed by atoms with Crippen LogP contribution < -0.4 is 10.9 Å². The van der Waals surface area contributed by atoms with Crippen LogP contribution >= 0.6 is 11.6 Å². The molecular weight excluding hydrogens is 376 g/mol. The van der Waals surface area contributed by atoms with Crippen LogP contribution in [0.4, 0.5) is 5.95 Å². The lowest BCUT2D eigenvalue weighted by Gasteiger charge is -2.35. The van der Waals surface area contributed by atoms with E-state index in [0.29, 0.717) is 23.6 Å². The van der Waals surface area contributed by atoms with Crippen molar-refractivity contribution < 1.29 is 0 Å². The van der Waals surface area contributed by atoms with E-state index < -0.39 is 0 Å². The van der Waals surface area contributed by atoms with E-state index in [1.807, 2.05) is 0 Å². The first-order chi connectivity index (χ1) is 13.7. The molecule has 1 atom stereocenters. The second-order valence-corrected chi connectivity index (χ2v) is 8.11. The molecule has 0 saturated carbocycles. The third-order valence-corrected chi connectivity index (χ3v) is 5.93. The first-order valence-corrected chi connectivity index (χ1v) is 10.6. The van der Waals surface area contributed by atoms with E-state index in [1.54, 1.807) is 23.1 Å². The summed E-state index contributed by atoms with van der Waals surface area (Å²) >= 11 is 5.85. The predicted molar refractivity (Wildman–Crippen MR) is 110 cm³/mol. The first-order valence-electron chi connectivity index (χ1n) is 10.2. The smallest absolute Gasteiger partial charge is 0.267 e. The van der Waals surface area contributed by atoms with Gasteiger partial charge in [-0.25, -0.2) is 14.6 Å². The molecule has 4 rings (SSSR count). The summed E-state index contributed by atoms with van der Waals surface area (Å²) in [7, 11) is 0. The van der Waals surface area contributed by atoms with Crippen molar-refractivity contribution in [2.24, 2.45) is 0 Å². The Hall–Kier alpha value is -1.99. The highest BCUT2D eigenvalue weighted by Gasteiger charge is 2.23. The molecule has 1 N–H and O–H groups in total. The van der Waals surface area contributed by atoms with Gasteiger partial charge in [0, 0.05) is 25.2 Å². The summed E-state index contributed by atoms with van der Waals surface area (Å²) < 4.78 is 1.66. The van der Waals surface area contributed by atoms with Gasteiger partial charge in [0.25, 0.3) is 5.56 Å². The number of likely N-dealkylation sites (tertiary alicyclic amines) is 1. The van der Waals surface area contributed by atoms with E-state index in [9.17, 15) is 4.79 Å². The summed E-state index contributed by atoms with van der Waals surface area (Å²) in [5, 5.41) is 8.50. The molecule has 1 aliphatic carbocycles. The highest BCUT2D eigenvalue weighted by atomic mass is 35.5. The number of hydrogen-bond donors (Lipinski definition) is 1. The zero-order chi connectivity index (χ0) is 19.3. The average molecular weight is 403 g/mol. The number of piperidine rings is 1. The van der Waals surface area contributed by atoms with Crippen LogP contribution in [0.25, 0.3) is 0 Å². The van der Waals surface area contributed by atoms with Crippen LogP contribution in [0.1, 0.15) is 43.4 Å². The molecule has 2 aromatic rings. The van der Waals surface area contributed by atoms with Gasteiger partial charge in [-0.1, -0.05) is 18.0 Å². The van der Waals surface area contributed by atoms with Crippen LogP contribution in [0.15, 0.2) is 23.3 Å². The minimum atomic E-state index is 0.0295. The lowest BCUT2D eigenvalue weighted by Crippen LogP contribution is -2.46. The lowest BCUT2D eigenvalue weighted by atomic mass is 9.97. The molecule has 0 radical (unpaired) electrons. The Morgan fingerprint density at radius 3 is 2.79 bits per heavy atom. The van der Waals surface area contributed by atoms with Gasteiger partial charge in [-0.05, 0) is 50.6 Å². The topological polar surface area (TPSA) is 75.9 Å². The Morgan fingerprint density at radius 1 is 1.11 bits per heavy atom. The number of halogens is 1. The zero-order valence-electron chi connectivity index (χ0n) is 16.1. The van der Waals surface area contributed by atoms with Crippen molar-refractivity contribution in [3.8, 4) is 0 Å². The molecule has 8 heteroatoms. The van der Waals surface area contributed by atoms with E-state index in [-0.39, 0.29) is 5.56 Å². The Kier molecular flexibility index (Phi) is 6.22. The van der Waals surface area contributed by atoms with E-state index >= 15 is 0 Å². The van der Waals surface area contributed by atoms with Crippen molar-refractivity contribution in [2.75, 3.05) is 25.0 Å². The number of nitrogens with zero attached hydrogens (tertiary/aromatic N) is 5. The Bertz CT molecular complexity index is 853. The molecule has 7 nitrogen and oxygen atoms in total. The number of anilines is 1. The monoisotopic (exact) mass is 402 g/mol. The summed E-state index contributed by atoms with van der Waals surface area (Å²) in [6.07, 6.45) is 11.1. The molecule has 0 amide bonds. The Morgan fingerprint density at radius 2 is 1.93 bits per heavy atom. The van der Waals surface area contributed by atoms with Crippen LogP contribution in [0.3, 0.4) is 0 Å². The third kappa shape index (κ3) is 4.70. The van der Waals surface area contributed by atoms with Crippen LogP contribution in [0.5, 0.6) is 0 Å². The SMILES string of the molecule is O=c1cc2c(nn1CCN1CCCCC1CNc1ncc(Cl)cn1)CCCC2. The summed E-state index contributed by atoms with van der Waals surface area (Å²) in [6.45, 7) is 3.31. The largest absolute Gasteiger partial charge is 0.353 e. The normalized spacial score (nSPS) is 20.0. The second-order valence-electron chi connectivity index (χ2n) is 7.68. The predicted octanol–water partition coefficient (Wildman–Crippen LogP) is 2.53. The van der Waals surface area contributed by atoms with Crippen molar-refractivity contribution in [1.29, 1.82) is 0 Å². The van der Waals surface area contributed by atoms with Crippen molar-refractivity contribution in [2.45, 2.75) is 57.5 Å². The average Bonchev–Trinajstić information content (AvgIpc) is 2.72. The van der Waals surface area contributed by atoms with Crippen LogP contribution in [0, 0.1) is 0 Å². The fourth-order valence-corrected chi connectivity index (χ4v) is 4.28. The lowest BCUT2D eigenvalue weighted by molar-refractivity contribution is 0.147. The van der Waals surface area contributed by atoms with Gasteiger partial charge in [-0.2, -0.15) is 5.10 Å². The highest BCUT2D eigenvalue weighted by Crippen LogP contribution is 2.19. The Labute approximate surface area is 170 Å². The van der Waals surface area contributed by atoms with E-state index in [0.717, 1.165) is 56.6 Å². The van der Waals surface area contributed by atoms with Crippen molar-refractivity contribution in [1.82, 2.24) is 24.6 Å². The first kappa shape index (κ1) is 19.3. The van der Waals surface area contributed by atoms with Crippen molar-refractivity contribution in [3.63, 3.8) is 0 Å². The standard InChI is InChI=1S/C20H27ClN6O/c21-16-12-22-20(23-13-16)24-14-17-6-3-4-8-26(17)9-10-27-19(28)11-15-5-1-2-7-18(15)25-27/h11-13,17H,1-10,14H2,(H,22,23,24). The maximum Gasteiger partial charge on any atom is 0.267 e. The van der Waals surface area contributed by atoms with Crippen LogP contribution in [0.2, 0.25) is 5.02 Å². The molecule has 1 fully saturated rings. The molecule has 1 unspecified atom stereocenters. The maximum atomic E-state index is 12.4. The third-order valence-electron chi connectivity index (χ3n) is 5.74. The molecule has 1 saturated heterocycles. The number of hydrogen-bond acceptors (Lipinski definition) is 6. The molecule has 0 aromatic carbocycles. The molecular formula is C20H27ClN6O. The number of rotatable bonds is 6. The second kappa shape index (κ2) is 9.01. The fourth-order valence-electron chi connectivity index (χ4n) is 4.18. The maximum absolute atomic E-state index is 12.4. The molecule has 2 aliphatic rings. The molecule has 0 spiro atoms. The molecule has 150 valence electrons.